The van der Waals surface area contributed by atoms with Gasteiger partial charge in [0, 0.05) is 36.5 Å². The van der Waals surface area contributed by atoms with Crippen LogP contribution in [0.4, 0.5) is 11.4 Å². The van der Waals surface area contributed by atoms with Crippen molar-refractivity contribution in [3.8, 4) is 0 Å². The summed E-state index contributed by atoms with van der Waals surface area (Å²) >= 11 is 0. The largest absolute Gasteiger partial charge is 0.288 e. The van der Waals surface area contributed by atoms with Crippen LogP contribution in [0.1, 0.15) is 26.3 Å². The van der Waals surface area contributed by atoms with E-state index in [2.05, 4.69) is 55.8 Å². The Morgan fingerprint density at radius 1 is 1.04 bits per heavy atom. The van der Waals surface area contributed by atoms with Crippen molar-refractivity contribution in [2.24, 2.45) is 0 Å². The van der Waals surface area contributed by atoms with Gasteiger partial charge in [0.2, 0.25) is 11.6 Å². The molecule has 1 aliphatic rings. The Bertz CT molecular complexity index is 832. The van der Waals surface area contributed by atoms with Crippen LogP contribution in [0.2, 0.25) is 0 Å². The fourth-order valence-electron chi connectivity index (χ4n) is 3.41. The first-order chi connectivity index (χ1) is 11.4. The molecule has 1 aliphatic heterocycles. The topological polar surface area (TPSA) is 23.3 Å². The smallest absolute Gasteiger partial charge is 0.227 e. The number of hydrogen-bond donors (Lipinski definition) is 0. The van der Waals surface area contributed by atoms with Gasteiger partial charge in [-0.1, -0.05) is 36.4 Å². The third kappa shape index (κ3) is 2.67. The van der Waals surface area contributed by atoms with Crippen LogP contribution in [-0.2, 0) is 10.2 Å². The second-order valence-corrected chi connectivity index (χ2v) is 6.63. The highest BCUT2D eigenvalue weighted by Crippen LogP contribution is 2.39. The molecule has 2 aromatic rings. The van der Waals surface area contributed by atoms with Crippen LogP contribution < -0.4 is 4.90 Å². The molecule has 0 spiro atoms. The summed E-state index contributed by atoms with van der Waals surface area (Å²) in [6.07, 6.45) is 3.92. The van der Waals surface area contributed by atoms with Crippen molar-refractivity contribution in [2.45, 2.75) is 26.2 Å². The molecule has 0 bridgehead atoms. The van der Waals surface area contributed by atoms with Gasteiger partial charge in [0.25, 0.3) is 0 Å². The zero-order valence-corrected chi connectivity index (χ0v) is 14.7. The lowest BCUT2D eigenvalue weighted by Gasteiger charge is -2.18. The standard InChI is InChI=1S/C21H23N2O/c1-16(24)23(17-10-6-5-7-11-17)15-14-20-21(2,3)18-12-8-9-13-19(18)22(20)4/h5-15H,1-4H3/q+1. The molecule has 0 saturated heterocycles. The van der Waals surface area contributed by atoms with E-state index in [4.69, 9.17) is 0 Å². The molecule has 0 saturated carbocycles. The summed E-state index contributed by atoms with van der Waals surface area (Å²) in [6.45, 7) is 6.02. The van der Waals surface area contributed by atoms with Crippen LogP contribution in [0.15, 0.2) is 66.9 Å². The molecule has 1 amide bonds. The van der Waals surface area contributed by atoms with E-state index in [1.807, 2.05) is 36.5 Å². The highest BCUT2D eigenvalue weighted by molar-refractivity contribution is 6.04. The van der Waals surface area contributed by atoms with E-state index in [-0.39, 0.29) is 11.3 Å². The maximum absolute atomic E-state index is 12.1. The van der Waals surface area contributed by atoms with Crippen LogP contribution >= 0.6 is 0 Å². The van der Waals surface area contributed by atoms with E-state index in [1.165, 1.54) is 17.0 Å². The zero-order chi connectivity index (χ0) is 17.3. The molecule has 3 rings (SSSR count). The maximum Gasteiger partial charge on any atom is 0.227 e. The number of hydrogen-bond acceptors (Lipinski definition) is 1. The minimum Gasteiger partial charge on any atom is -0.288 e. The van der Waals surface area contributed by atoms with E-state index in [9.17, 15) is 4.79 Å². The average Bonchev–Trinajstić information content (AvgIpc) is 2.76. The van der Waals surface area contributed by atoms with E-state index in [0.29, 0.717) is 0 Å². The molecule has 0 radical (unpaired) electrons. The lowest BCUT2D eigenvalue weighted by molar-refractivity contribution is -0.401. The third-order valence-corrected chi connectivity index (χ3v) is 4.70. The number of rotatable bonds is 3. The summed E-state index contributed by atoms with van der Waals surface area (Å²) in [5.74, 6) is -0.00554. The SMILES string of the molecule is CC(=O)N(C=CC1=[N+](C)c2ccccc2C1(C)C)c1ccccc1. The van der Waals surface area contributed by atoms with Gasteiger partial charge >= 0.3 is 0 Å². The summed E-state index contributed by atoms with van der Waals surface area (Å²) in [4.78, 5) is 13.7. The lowest BCUT2D eigenvalue weighted by atomic mass is 9.81. The third-order valence-electron chi connectivity index (χ3n) is 4.70. The van der Waals surface area contributed by atoms with E-state index < -0.39 is 0 Å². The molecule has 3 nitrogen and oxygen atoms in total. The van der Waals surface area contributed by atoms with Crippen LogP contribution in [0.25, 0.3) is 0 Å². The monoisotopic (exact) mass is 319 g/mol. The van der Waals surface area contributed by atoms with Gasteiger partial charge in [-0.3, -0.25) is 9.69 Å². The van der Waals surface area contributed by atoms with Gasteiger partial charge in [-0.15, -0.1) is 0 Å². The van der Waals surface area contributed by atoms with Crippen molar-refractivity contribution in [1.82, 2.24) is 0 Å². The quantitative estimate of drug-likeness (QED) is 0.775. The summed E-state index contributed by atoms with van der Waals surface area (Å²) in [7, 11) is 2.08. The first-order valence-electron chi connectivity index (χ1n) is 8.16. The number of fused-ring (bicyclic) bond motifs is 1. The number of benzene rings is 2. The molecule has 0 atom stereocenters. The van der Waals surface area contributed by atoms with E-state index >= 15 is 0 Å². The Labute approximate surface area is 143 Å². The number of allylic oxidation sites excluding steroid dienone is 1. The van der Waals surface area contributed by atoms with E-state index in [0.717, 1.165) is 5.69 Å². The van der Waals surface area contributed by atoms with Gasteiger partial charge in [-0.05, 0) is 26.0 Å². The van der Waals surface area contributed by atoms with Gasteiger partial charge in [-0.2, -0.15) is 4.58 Å². The van der Waals surface area contributed by atoms with Crippen molar-refractivity contribution in [3.05, 3.63) is 72.4 Å². The Hall–Kier alpha value is -2.68. The van der Waals surface area contributed by atoms with Gasteiger partial charge in [0.1, 0.15) is 7.05 Å². The minimum absolute atomic E-state index is 0.00554. The fourth-order valence-corrected chi connectivity index (χ4v) is 3.41. The Morgan fingerprint density at radius 3 is 2.29 bits per heavy atom. The van der Waals surface area contributed by atoms with Crippen LogP contribution in [0.5, 0.6) is 0 Å². The molecule has 0 N–H and O–H groups in total. The molecule has 24 heavy (non-hydrogen) atoms. The molecule has 1 heterocycles. The highest BCUT2D eigenvalue weighted by atomic mass is 16.2. The van der Waals surface area contributed by atoms with Gasteiger partial charge in [0.05, 0.1) is 5.41 Å². The zero-order valence-electron chi connectivity index (χ0n) is 14.7. The molecule has 122 valence electrons. The second kappa shape index (κ2) is 6.08. The molecule has 0 aliphatic carbocycles. The van der Waals surface area contributed by atoms with Crippen molar-refractivity contribution in [2.75, 3.05) is 11.9 Å². The summed E-state index contributed by atoms with van der Waals surface area (Å²) in [5.41, 5.74) is 4.47. The average molecular weight is 319 g/mol. The Morgan fingerprint density at radius 2 is 1.67 bits per heavy atom. The number of amides is 1. The van der Waals surface area contributed by atoms with Crippen LogP contribution in [0.3, 0.4) is 0 Å². The predicted octanol–water partition coefficient (Wildman–Crippen LogP) is 4.26. The molecule has 0 unspecified atom stereocenters. The molecular weight excluding hydrogens is 296 g/mol. The first kappa shape index (κ1) is 16.2. The number of nitrogens with zero attached hydrogens (tertiary/aromatic N) is 2. The van der Waals surface area contributed by atoms with E-state index in [1.54, 1.807) is 11.8 Å². The van der Waals surface area contributed by atoms with Gasteiger partial charge < -0.3 is 0 Å². The number of carbonyl (C=O) groups excluding carboxylic acids is 1. The van der Waals surface area contributed by atoms with Crippen molar-refractivity contribution < 1.29 is 9.37 Å². The van der Waals surface area contributed by atoms with Crippen molar-refractivity contribution in [1.29, 1.82) is 0 Å². The molecule has 2 aromatic carbocycles. The molecular formula is C21H23N2O+. The Balaban J connectivity index is 2.00. The number of carbonyl (C=O) groups is 1. The highest BCUT2D eigenvalue weighted by Gasteiger charge is 2.42. The Kier molecular flexibility index (Phi) is 4.10. The lowest BCUT2D eigenvalue weighted by Crippen LogP contribution is -2.28. The minimum atomic E-state index is -0.0962. The molecule has 0 fully saturated rings. The maximum atomic E-state index is 12.1. The summed E-state index contributed by atoms with van der Waals surface area (Å²) < 4.78 is 2.20. The fraction of sp³-hybridized carbons (Fsp3) is 0.238. The van der Waals surface area contributed by atoms with Crippen molar-refractivity contribution >= 4 is 23.0 Å². The molecule has 0 aromatic heterocycles. The normalized spacial score (nSPS) is 15.7. The number of anilines is 1. The number of para-hydroxylation sites is 2. The van der Waals surface area contributed by atoms with Crippen LogP contribution in [0, 0.1) is 0 Å². The molecule has 3 heteroatoms. The van der Waals surface area contributed by atoms with Gasteiger partial charge in [-0.25, -0.2) is 0 Å². The van der Waals surface area contributed by atoms with Crippen LogP contribution in [-0.4, -0.2) is 23.2 Å². The first-order valence-corrected chi connectivity index (χ1v) is 8.16. The van der Waals surface area contributed by atoms with Gasteiger partial charge in [0.15, 0.2) is 5.71 Å². The predicted molar refractivity (Wildman–Crippen MR) is 99.1 cm³/mol. The summed E-state index contributed by atoms with van der Waals surface area (Å²) in [5, 5.41) is 0. The second-order valence-electron chi connectivity index (χ2n) is 6.63. The van der Waals surface area contributed by atoms with Crippen molar-refractivity contribution in [3.63, 3.8) is 0 Å². The summed E-state index contributed by atoms with van der Waals surface area (Å²) in [6, 6.07) is 18.1.